The highest BCUT2D eigenvalue weighted by molar-refractivity contribution is 8.16. The van der Waals surface area contributed by atoms with Gasteiger partial charge in [0.05, 0.1) is 18.0 Å². The second-order valence-electron chi connectivity index (χ2n) is 4.51. The molecule has 0 aromatic heterocycles. The minimum atomic E-state index is 0.423. The molecule has 2 nitrogen and oxygen atoms in total. The molecule has 0 spiro atoms. The monoisotopic (exact) mass is 269 g/mol. The van der Waals surface area contributed by atoms with Gasteiger partial charge in [-0.15, -0.1) is 0 Å². The van der Waals surface area contributed by atoms with Crippen molar-refractivity contribution in [1.29, 1.82) is 0 Å². The highest BCUT2D eigenvalue weighted by Gasteiger charge is 2.46. The van der Waals surface area contributed by atoms with Crippen LogP contribution < -0.4 is 9.62 Å². The molecule has 4 heteroatoms. The molecular formula is C13H21N2S2+. The summed E-state index contributed by atoms with van der Waals surface area (Å²) in [4.78, 5) is 1.41. The van der Waals surface area contributed by atoms with Gasteiger partial charge in [-0.1, -0.05) is 26.0 Å². The van der Waals surface area contributed by atoms with Crippen LogP contribution in [0.4, 0.5) is 5.69 Å². The Kier molecular flexibility index (Phi) is 4.42. The Bertz CT molecular complexity index is 375. The average Bonchev–Trinajstić information content (AvgIpc) is 2.65. The van der Waals surface area contributed by atoms with Gasteiger partial charge in [-0.3, -0.25) is 9.62 Å². The first-order valence-electron chi connectivity index (χ1n) is 6.27. The maximum absolute atomic E-state index is 5.93. The van der Waals surface area contributed by atoms with E-state index in [2.05, 4.69) is 38.1 Å². The highest BCUT2D eigenvalue weighted by atomic mass is 32.2. The standard InChI is InChI=1S/C13H21N2S2/c1-3-9-15(10-4-2)11-7-5-6-8-12(11)16-13(15)17-14/h5-8,13H,3-4,9-10,14H2,1-2H3/q+1. The number of thioether (sulfide) groups is 1. The summed E-state index contributed by atoms with van der Waals surface area (Å²) >= 11 is 3.44. The zero-order valence-corrected chi connectivity index (χ0v) is 12.2. The molecule has 0 bridgehead atoms. The van der Waals surface area contributed by atoms with Crippen LogP contribution in [0, 0.1) is 0 Å². The second-order valence-corrected chi connectivity index (χ2v) is 6.65. The van der Waals surface area contributed by atoms with Crippen molar-refractivity contribution in [2.75, 3.05) is 13.1 Å². The Morgan fingerprint density at radius 2 is 1.88 bits per heavy atom. The molecule has 0 radical (unpaired) electrons. The largest absolute Gasteiger partial charge is 0.272 e. The van der Waals surface area contributed by atoms with E-state index in [1.807, 2.05) is 11.8 Å². The molecule has 1 aliphatic heterocycles. The minimum Gasteiger partial charge on any atom is -0.272 e. The van der Waals surface area contributed by atoms with E-state index in [0.717, 1.165) is 4.48 Å². The van der Waals surface area contributed by atoms with Crippen LogP contribution in [0.2, 0.25) is 0 Å². The van der Waals surface area contributed by atoms with Gasteiger partial charge in [0.2, 0.25) is 4.71 Å². The van der Waals surface area contributed by atoms with Crippen molar-refractivity contribution in [2.24, 2.45) is 5.14 Å². The van der Waals surface area contributed by atoms with Gasteiger partial charge >= 0.3 is 0 Å². The molecule has 0 amide bonds. The lowest BCUT2D eigenvalue weighted by Crippen LogP contribution is -2.53. The van der Waals surface area contributed by atoms with E-state index < -0.39 is 0 Å². The van der Waals surface area contributed by atoms with E-state index >= 15 is 0 Å². The molecule has 17 heavy (non-hydrogen) atoms. The van der Waals surface area contributed by atoms with Gasteiger partial charge in [-0.05, 0) is 42.6 Å². The van der Waals surface area contributed by atoms with Gasteiger partial charge in [0.1, 0.15) is 5.69 Å². The number of nitrogens with two attached hydrogens (primary N) is 1. The molecule has 0 saturated heterocycles. The molecule has 2 N–H and O–H groups in total. The van der Waals surface area contributed by atoms with Crippen molar-refractivity contribution >= 4 is 29.4 Å². The minimum absolute atomic E-state index is 0.423. The van der Waals surface area contributed by atoms with Gasteiger partial charge in [0.25, 0.3) is 0 Å². The zero-order valence-electron chi connectivity index (χ0n) is 10.6. The number of para-hydroxylation sites is 1. The highest BCUT2D eigenvalue weighted by Crippen LogP contribution is 2.51. The molecule has 94 valence electrons. The lowest BCUT2D eigenvalue weighted by molar-refractivity contribution is 0.304. The molecule has 1 heterocycles. The van der Waals surface area contributed by atoms with Crippen molar-refractivity contribution in [2.45, 2.75) is 36.3 Å². The van der Waals surface area contributed by atoms with E-state index in [9.17, 15) is 0 Å². The lowest BCUT2D eigenvalue weighted by Gasteiger charge is -2.38. The van der Waals surface area contributed by atoms with Crippen molar-refractivity contribution < 1.29 is 0 Å². The van der Waals surface area contributed by atoms with Gasteiger partial charge in [-0.2, -0.15) is 0 Å². The molecule has 1 atom stereocenters. The Hall–Kier alpha value is -0.160. The quantitative estimate of drug-likeness (QED) is 0.650. The van der Waals surface area contributed by atoms with Gasteiger partial charge in [0.15, 0.2) is 0 Å². The molecular weight excluding hydrogens is 248 g/mol. The van der Waals surface area contributed by atoms with Crippen LogP contribution in [-0.4, -0.2) is 17.8 Å². The third-order valence-electron chi connectivity index (χ3n) is 3.34. The Morgan fingerprint density at radius 3 is 2.47 bits per heavy atom. The van der Waals surface area contributed by atoms with E-state index in [1.54, 1.807) is 0 Å². The lowest BCUT2D eigenvalue weighted by atomic mass is 10.2. The molecule has 1 unspecified atom stereocenters. The van der Waals surface area contributed by atoms with Crippen LogP contribution in [-0.2, 0) is 0 Å². The summed E-state index contributed by atoms with van der Waals surface area (Å²) in [5, 5.41) is 5.93. The Labute approximate surface area is 113 Å². The number of hydrogen-bond donors (Lipinski definition) is 1. The van der Waals surface area contributed by atoms with Crippen LogP contribution in [0.1, 0.15) is 26.7 Å². The van der Waals surface area contributed by atoms with Crippen molar-refractivity contribution in [3.63, 3.8) is 0 Å². The van der Waals surface area contributed by atoms with Crippen LogP contribution in [0.15, 0.2) is 29.2 Å². The van der Waals surface area contributed by atoms with Gasteiger partial charge in [0, 0.05) is 6.07 Å². The SMILES string of the molecule is CCC[N+]1(CCC)c2ccccc2SC1SN. The predicted octanol–water partition coefficient (Wildman–Crippen LogP) is 3.81. The first-order valence-corrected chi connectivity index (χ1v) is 8.09. The Morgan fingerprint density at radius 1 is 1.24 bits per heavy atom. The van der Waals surface area contributed by atoms with Crippen LogP contribution in [0.5, 0.6) is 0 Å². The maximum atomic E-state index is 5.93. The van der Waals surface area contributed by atoms with Crippen LogP contribution in [0.25, 0.3) is 0 Å². The average molecular weight is 269 g/mol. The van der Waals surface area contributed by atoms with E-state index in [-0.39, 0.29) is 0 Å². The number of rotatable bonds is 5. The van der Waals surface area contributed by atoms with Gasteiger partial charge < -0.3 is 0 Å². The molecule has 0 fully saturated rings. The maximum Gasteiger partial charge on any atom is 0.206 e. The number of quaternary nitrogens is 1. The summed E-state index contributed by atoms with van der Waals surface area (Å²) in [6.07, 6.45) is 2.40. The molecule has 0 saturated carbocycles. The summed E-state index contributed by atoms with van der Waals surface area (Å²) in [5.41, 5.74) is 1.48. The van der Waals surface area contributed by atoms with Crippen molar-refractivity contribution in [1.82, 2.24) is 4.48 Å². The smallest absolute Gasteiger partial charge is 0.206 e. The first kappa shape index (κ1) is 13.3. The summed E-state index contributed by atoms with van der Waals surface area (Å²) in [6.45, 7) is 6.90. The van der Waals surface area contributed by atoms with Crippen LogP contribution >= 0.6 is 23.7 Å². The summed E-state index contributed by atoms with van der Waals surface area (Å²) in [7, 11) is 0. The number of benzene rings is 1. The zero-order chi connectivity index (χ0) is 12.3. The molecule has 1 aromatic carbocycles. The van der Waals surface area contributed by atoms with Gasteiger partial charge in [-0.25, -0.2) is 0 Å². The summed E-state index contributed by atoms with van der Waals surface area (Å²) in [6, 6.07) is 8.79. The normalized spacial score (nSPS) is 21.5. The number of nitrogens with zero attached hydrogens (tertiary/aromatic N) is 1. The first-order chi connectivity index (χ1) is 8.28. The fourth-order valence-corrected chi connectivity index (χ4v) is 5.12. The number of hydrogen-bond acceptors (Lipinski definition) is 3. The van der Waals surface area contributed by atoms with E-state index in [0.29, 0.717) is 4.71 Å². The third-order valence-corrected chi connectivity index (χ3v) is 5.80. The fraction of sp³-hybridized carbons (Fsp3) is 0.538. The summed E-state index contributed by atoms with van der Waals surface area (Å²) in [5.74, 6) is 0. The molecule has 0 aliphatic carbocycles. The molecule has 1 aromatic rings. The van der Waals surface area contributed by atoms with Crippen LogP contribution in [0.3, 0.4) is 0 Å². The fourth-order valence-electron chi connectivity index (χ4n) is 2.75. The number of fused-ring (bicyclic) bond motifs is 1. The topological polar surface area (TPSA) is 26.0 Å². The predicted molar refractivity (Wildman–Crippen MR) is 80.0 cm³/mol. The second kappa shape index (κ2) is 5.65. The molecule has 2 rings (SSSR count). The van der Waals surface area contributed by atoms with Crippen molar-refractivity contribution in [3.05, 3.63) is 24.3 Å². The van der Waals surface area contributed by atoms with E-state index in [1.165, 1.54) is 48.5 Å². The third kappa shape index (κ3) is 2.24. The molecule has 1 aliphatic rings. The Balaban J connectivity index is 2.44. The van der Waals surface area contributed by atoms with E-state index in [4.69, 9.17) is 5.14 Å². The summed E-state index contributed by atoms with van der Waals surface area (Å²) < 4.78 is 1.47. The van der Waals surface area contributed by atoms with Crippen molar-refractivity contribution in [3.8, 4) is 0 Å².